The van der Waals surface area contributed by atoms with E-state index in [9.17, 15) is 22.8 Å². The molecule has 0 aliphatic heterocycles. The van der Waals surface area contributed by atoms with Gasteiger partial charge in [0.25, 0.3) is 5.56 Å². The lowest BCUT2D eigenvalue weighted by Crippen LogP contribution is -2.28. The van der Waals surface area contributed by atoms with Crippen molar-refractivity contribution in [3.8, 4) is 0 Å². The van der Waals surface area contributed by atoms with Gasteiger partial charge in [-0.25, -0.2) is 4.98 Å². The van der Waals surface area contributed by atoms with Crippen molar-refractivity contribution in [2.75, 3.05) is 0 Å². The van der Waals surface area contributed by atoms with Crippen LogP contribution in [0.1, 0.15) is 28.2 Å². The van der Waals surface area contributed by atoms with Crippen LogP contribution in [0.25, 0.3) is 15.9 Å². The number of nitrogens with zero attached hydrogens (tertiary/aromatic N) is 5. The van der Waals surface area contributed by atoms with Gasteiger partial charge in [0.1, 0.15) is 4.83 Å². The molecule has 4 aromatic heterocycles. The molecule has 13 heteroatoms. The zero-order valence-corrected chi connectivity index (χ0v) is 18.4. The summed E-state index contributed by atoms with van der Waals surface area (Å²) in [6, 6.07) is 0.771. The molecule has 0 saturated heterocycles. The van der Waals surface area contributed by atoms with Gasteiger partial charge in [0.2, 0.25) is 5.91 Å². The van der Waals surface area contributed by atoms with E-state index in [2.05, 4.69) is 20.5 Å². The van der Waals surface area contributed by atoms with E-state index in [-0.39, 0.29) is 41.6 Å². The van der Waals surface area contributed by atoms with E-state index < -0.39 is 17.6 Å². The highest BCUT2D eigenvalue weighted by Crippen LogP contribution is 2.32. The Kier molecular flexibility index (Phi) is 5.67. The Labute approximate surface area is 187 Å². The Morgan fingerprint density at radius 2 is 2.03 bits per heavy atom. The predicted molar refractivity (Wildman–Crippen MR) is 113 cm³/mol. The lowest BCUT2D eigenvalue weighted by atomic mass is 10.2. The molecule has 1 N–H and O–H groups in total. The van der Waals surface area contributed by atoms with Crippen molar-refractivity contribution in [3.63, 3.8) is 0 Å². The minimum Gasteiger partial charge on any atom is -0.349 e. The average molecular weight is 485 g/mol. The molecule has 4 aromatic rings. The number of thiophene rings is 1. The molecule has 32 heavy (non-hydrogen) atoms. The van der Waals surface area contributed by atoms with E-state index in [0.717, 1.165) is 27.1 Å². The highest BCUT2D eigenvalue weighted by molar-refractivity contribution is 7.18. The Hall–Kier alpha value is -2.99. The van der Waals surface area contributed by atoms with Crippen LogP contribution in [0.2, 0.25) is 5.02 Å². The number of aromatic nitrogens is 5. The standard InChI is InChI=1S/C19H16ClF3N6O2S/c1-9-10(2)32-17-15(9)18(31)28(8-25-17)4-3-14(30)24-6-13-26-27-16-12(20)5-11(7-29(13)16)19(21,22)23/h5,7-8H,3-4,6H2,1-2H3,(H,24,30). The number of halogens is 4. The van der Waals surface area contributed by atoms with Crippen LogP contribution in [-0.4, -0.2) is 30.1 Å². The molecule has 0 aliphatic rings. The number of alkyl halides is 3. The monoisotopic (exact) mass is 484 g/mol. The van der Waals surface area contributed by atoms with E-state index in [0.29, 0.717) is 10.2 Å². The SMILES string of the molecule is Cc1sc2ncn(CCC(=O)NCc3nnc4c(Cl)cc(C(F)(F)F)cn34)c(=O)c2c1C. The zero-order chi connectivity index (χ0) is 23.2. The molecule has 168 valence electrons. The number of nitrogens with one attached hydrogen (secondary N) is 1. The van der Waals surface area contributed by atoms with Crippen LogP contribution >= 0.6 is 22.9 Å². The average Bonchev–Trinajstić information content (AvgIpc) is 3.26. The van der Waals surface area contributed by atoms with E-state index in [1.807, 2.05) is 13.8 Å². The molecule has 0 aliphatic carbocycles. The summed E-state index contributed by atoms with van der Waals surface area (Å²) in [5.74, 6) is -0.323. The number of hydrogen-bond acceptors (Lipinski definition) is 6. The Morgan fingerprint density at radius 1 is 1.28 bits per heavy atom. The zero-order valence-electron chi connectivity index (χ0n) is 16.8. The number of fused-ring (bicyclic) bond motifs is 2. The molecule has 4 rings (SSSR count). The summed E-state index contributed by atoms with van der Waals surface area (Å²) in [6.07, 6.45) is -2.39. The van der Waals surface area contributed by atoms with Crippen molar-refractivity contribution >= 4 is 44.7 Å². The normalized spacial score (nSPS) is 12.1. The Balaban J connectivity index is 1.46. The van der Waals surface area contributed by atoms with Gasteiger partial charge in [0.15, 0.2) is 11.5 Å². The maximum atomic E-state index is 13.1. The highest BCUT2D eigenvalue weighted by Gasteiger charge is 2.32. The van der Waals surface area contributed by atoms with E-state index >= 15 is 0 Å². The van der Waals surface area contributed by atoms with Gasteiger partial charge in [-0.1, -0.05) is 11.6 Å². The van der Waals surface area contributed by atoms with Crippen molar-refractivity contribution in [3.05, 3.63) is 55.8 Å². The van der Waals surface area contributed by atoms with E-state index in [1.165, 1.54) is 22.2 Å². The van der Waals surface area contributed by atoms with Crippen LogP contribution in [0.15, 0.2) is 23.4 Å². The van der Waals surface area contributed by atoms with E-state index in [1.54, 1.807) is 0 Å². The van der Waals surface area contributed by atoms with Crippen molar-refractivity contribution < 1.29 is 18.0 Å². The summed E-state index contributed by atoms with van der Waals surface area (Å²) >= 11 is 7.32. The predicted octanol–water partition coefficient (Wildman–Crippen LogP) is 3.50. The van der Waals surface area contributed by atoms with Gasteiger partial charge in [-0.2, -0.15) is 13.2 Å². The summed E-state index contributed by atoms with van der Waals surface area (Å²) < 4.78 is 41.6. The largest absolute Gasteiger partial charge is 0.417 e. The molecular weight excluding hydrogens is 469 g/mol. The summed E-state index contributed by atoms with van der Waals surface area (Å²) in [5, 5.41) is 10.5. The second-order valence-electron chi connectivity index (χ2n) is 7.12. The summed E-state index contributed by atoms with van der Waals surface area (Å²) in [5.41, 5.74) is -0.251. The van der Waals surface area contributed by atoms with Crippen LogP contribution in [0.5, 0.6) is 0 Å². The molecule has 8 nitrogen and oxygen atoms in total. The maximum absolute atomic E-state index is 13.1. The second-order valence-corrected chi connectivity index (χ2v) is 8.73. The topological polar surface area (TPSA) is 94.2 Å². The first kappa shape index (κ1) is 22.2. The summed E-state index contributed by atoms with van der Waals surface area (Å²) in [4.78, 5) is 30.9. The molecule has 0 fully saturated rings. The van der Waals surface area contributed by atoms with Gasteiger partial charge in [0, 0.05) is 24.0 Å². The minimum absolute atomic E-state index is 0.0272. The minimum atomic E-state index is -4.59. The third-order valence-corrected chi connectivity index (χ3v) is 6.43. The Morgan fingerprint density at radius 3 is 2.75 bits per heavy atom. The molecule has 0 saturated carbocycles. The smallest absolute Gasteiger partial charge is 0.349 e. The summed E-state index contributed by atoms with van der Waals surface area (Å²) in [7, 11) is 0. The van der Waals surface area contributed by atoms with Gasteiger partial charge in [-0.3, -0.25) is 18.6 Å². The number of amides is 1. The van der Waals surface area contributed by atoms with Gasteiger partial charge in [0.05, 0.1) is 28.8 Å². The lowest BCUT2D eigenvalue weighted by molar-refractivity contribution is -0.137. The molecule has 0 atom stereocenters. The van der Waals surface area contributed by atoms with Crippen molar-refractivity contribution in [1.29, 1.82) is 0 Å². The summed E-state index contributed by atoms with van der Waals surface area (Å²) in [6.45, 7) is 3.71. The third kappa shape index (κ3) is 4.07. The first-order valence-corrected chi connectivity index (χ1v) is 10.6. The van der Waals surface area contributed by atoms with Crippen LogP contribution in [0.3, 0.4) is 0 Å². The number of aryl methyl sites for hydroxylation is 3. The van der Waals surface area contributed by atoms with E-state index in [4.69, 9.17) is 11.6 Å². The maximum Gasteiger partial charge on any atom is 0.417 e. The fourth-order valence-electron chi connectivity index (χ4n) is 3.19. The fourth-order valence-corrected chi connectivity index (χ4v) is 4.43. The number of hydrogen-bond donors (Lipinski definition) is 1. The van der Waals surface area contributed by atoms with Crippen LogP contribution in [-0.2, 0) is 24.1 Å². The third-order valence-electron chi connectivity index (χ3n) is 5.04. The highest BCUT2D eigenvalue weighted by atomic mass is 35.5. The molecular formula is C19H16ClF3N6O2S. The second kappa shape index (κ2) is 8.17. The first-order chi connectivity index (χ1) is 15.1. The van der Waals surface area contributed by atoms with Gasteiger partial charge in [-0.05, 0) is 25.5 Å². The quantitative estimate of drug-likeness (QED) is 0.468. The molecule has 0 spiro atoms. The van der Waals surface area contributed by atoms with Gasteiger partial charge >= 0.3 is 6.18 Å². The molecule has 0 aromatic carbocycles. The van der Waals surface area contributed by atoms with Crippen LogP contribution < -0.4 is 10.9 Å². The lowest BCUT2D eigenvalue weighted by Gasteiger charge is -2.09. The molecule has 4 heterocycles. The molecule has 1 amide bonds. The Bertz CT molecular complexity index is 1410. The number of pyridine rings is 1. The number of carbonyl (C=O) groups excluding carboxylic acids is 1. The number of carbonyl (C=O) groups is 1. The fraction of sp³-hybridized carbons (Fsp3) is 0.316. The first-order valence-electron chi connectivity index (χ1n) is 9.38. The molecule has 0 unspecified atom stereocenters. The van der Waals surface area contributed by atoms with Gasteiger partial charge < -0.3 is 5.32 Å². The van der Waals surface area contributed by atoms with Crippen molar-refractivity contribution in [1.82, 2.24) is 29.5 Å². The van der Waals surface area contributed by atoms with Crippen LogP contribution in [0.4, 0.5) is 13.2 Å². The molecule has 0 radical (unpaired) electrons. The van der Waals surface area contributed by atoms with Crippen molar-refractivity contribution in [2.24, 2.45) is 0 Å². The van der Waals surface area contributed by atoms with Crippen molar-refractivity contribution in [2.45, 2.75) is 39.5 Å². The number of rotatable bonds is 5. The van der Waals surface area contributed by atoms with Gasteiger partial charge in [-0.15, -0.1) is 21.5 Å². The van der Waals surface area contributed by atoms with Crippen LogP contribution in [0, 0.1) is 13.8 Å². The molecule has 0 bridgehead atoms.